The Labute approximate surface area is 178 Å². The number of alkyl halides is 3. The molecular formula is C21H26F3N5O2. The zero-order valence-electron chi connectivity index (χ0n) is 17.7. The van der Waals surface area contributed by atoms with E-state index in [0.717, 1.165) is 11.8 Å². The lowest BCUT2D eigenvalue weighted by atomic mass is 9.92. The Morgan fingerprint density at radius 3 is 2.32 bits per heavy atom. The van der Waals surface area contributed by atoms with Crippen LogP contribution in [0.25, 0.3) is 0 Å². The first-order valence-electron chi connectivity index (χ1n) is 9.99. The maximum atomic E-state index is 13.1. The Balaban J connectivity index is 1.53. The summed E-state index contributed by atoms with van der Waals surface area (Å²) in [6.45, 7) is 7.70. The molecule has 168 valence electrons. The predicted octanol–water partition coefficient (Wildman–Crippen LogP) is 3.12. The maximum Gasteiger partial charge on any atom is 0.418 e. The molecule has 3 rings (SSSR count). The second-order valence-electron chi connectivity index (χ2n) is 8.58. The van der Waals surface area contributed by atoms with Crippen LogP contribution in [0.15, 0.2) is 30.3 Å². The molecule has 0 saturated carbocycles. The summed E-state index contributed by atoms with van der Waals surface area (Å²) in [5.74, 6) is -0.714. The molecule has 0 unspecified atom stereocenters. The summed E-state index contributed by atoms with van der Waals surface area (Å²) >= 11 is 0. The molecule has 7 nitrogen and oxygen atoms in total. The minimum atomic E-state index is -4.55. The van der Waals surface area contributed by atoms with Crippen LogP contribution in [0, 0.1) is 0 Å². The Morgan fingerprint density at radius 2 is 1.74 bits per heavy atom. The minimum absolute atomic E-state index is 0.0508. The topological polar surface area (TPSA) is 81.3 Å². The lowest BCUT2D eigenvalue weighted by Gasteiger charge is -2.34. The summed E-state index contributed by atoms with van der Waals surface area (Å²) in [5.41, 5.74) is -0.0814. The van der Waals surface area contributed by atoms with Gasteiger partial charge >= 0.3 is 6.18 Å². The van der Waals surface area contributed by atoms with Crippen molar-refractivity contribution in [2.24, 2.45) is 0 Å². The van der Waals surface area contributed by atoms with Crippen LogP contribution in [0.4, 0.5) is 18.9 Å². The number of H-pyrrole nitrogens is 1. The molecule has 1 aromatic heterocycles. The first kappa shape index (κ1) is 22.8. The van der Waals surface area contributed by atoms with E-state index in [1.54, 1.807) is 15.9 Å². The lowest BCUT2D eigenvalue weighted by molar-refractivity contribution is -0.137. The standard InChI is InChI=1S/C21H26F3N5O2/c1-20(2,3)17-12-16(26-27-17)19(31)29-10-8-28(9-11-29)13-18(30)25-15-7-5-4-6-14(15)21(22,23)24/h4-7,12H,8-11,13H2,1-3H3,(H,25,30)(H,26,27). The van der Waals surface area contributed by atoms with Crippen LogP contribution < -0.4 is 5.32 Å². The van der Waals surface area contributed by atoms with Crippen LogP contribution in [0.1, 0.15) is 42.5 Å². The Hall–Kier alpha value is -2.88. The van der Waals surface area contributed by atoms with E-state index in [9.17, 15) is 22.8 Å². The Kier molecular flexibility index (Phi) is 6.40. The fraction of sp³-hybridized carbons (Fsp3) is 0.476. The molecule has 0 atom stereocenters. The van der Waals surface area contributed by atoms with Gasteiger partial charge < -0.3 is 10.2 Å². The number of anilines is 1. The van der Waals surface area contributed by atoms with Gasteiger partial charge in [0.25, 0.3) is 5.91 Å². The average molecular weight is 437 g/mol. The van der Waals surface area contributed by atoms with E-state index in [1.807, 2.05) is 20.8 Å². The van der Waals surface area contributed by atoms with Crippen molar-refractivity contribution in [3.8, 4) is 0 Å². The number of nitrogens with one attached hydrogen (secondary N) is 2. The third kappa shape index (κ3) is 5.63. The number of para-hydroxylation sites is 1. The van der Waals surface area contributed by atoms with Crippen LogP contribution in [-0.4, -0.2) is 64.5 Å². The number of halogens is 3. The monoisotopic (exact) mass is 437 g/mol. The molecule has 1 aliphatic rings. The molecule has 1 aromatic carbocycles. The number of aromatic nitrogens is 2. The van der Waals surface area contributed by atoms with Gasteiger partial charge in [-0.1, -0.05) is 32.9 Å². The van der Waals surface area contributed by atoms with Gasteiger partial charge in [0.2, 0.25) is 5.91 Å². The number of nitrogens with zero attached hydrogens (tertiary/aromatic N) is 3. The molecule has 0 bridgehead atoms. The van der Waals surface area contributed by atoms with Gasteiger partial charge in [-0.2, -0.15) is 18.3 Å². The van der Waals surface area contributed by atoms with Crippen molar-refractivity contribution in [2.45, 2.75) is 32.4 Å². The van der Waals surface area contributed by atoms with Crippen molar-refractivity contribution >= 4 is 17.5 Å². The van der Waals surface area contributed by atoms with Gasteiger partial charge in [-0.05, 0) is 18.2 Å². The number of carbonyl (C=O) groups is 2. The molecule has 2 amide bonds. The SMILES string of the molecule is CC(C)(C)c1cc(C(=O)N2CCN(CC(=O)Nc3ccccc3C(F)(F)F)CC2)n[nH]1. The number of carbonyl (C=O) groups excluding carboxylic acids is 2. The molecule has 1 fully saturated rings. The zero-order valence-corrected chi connectivity index (χ0v) is 17.7. The maximum absolute atomic E-state index is 13.1. The smallest absolute Gasteiger partial charge is 0.335 e. The summed E-state index contributed by atoms with van der Waals surface area (Å²) in [5, 5.41) is 9.36. The Morgan fingerprint density at radius 1 is 1.10 bits per heavy atom. The van der Waals surface area contributed by atoms with Crippen LogP contribution >= 0.6 is 0 Å². The quantitative estimate of drug-likeness (QED) is 0.770. The van der Waals surface area contributed by atoms with Gasteiger partial charge in [-0.3, -0.25) is 19.6 Å². The number of hydrogen-bond acceptors (Lipinski definition) is 4. The van der Waals surface area contributed by atoms with Gasteiger partial charge in [0.15, 0.2) is 0 Å². The second-order valence-corrected chi connectivity index (χ2v) is 8.58. The van der Waals surface area contributed by atoms with Crippen molar-refractivity contribution in [3.63, 3.8) is 0 Å². The summed E-state index contributed by atoms with van der Waals surface area (Å²) < 4.78 is 39.2. The molecule has 31 heavy (non-hydrogen) atoms. The van der Waals surface area contributed by atoms with Gasteiger partial charge in [0.05, 0.1) is 17.8 Å². The fourth-order valence-electron chi connectivity index (χ4n) is 3.32. The van der Waals surface area contributed by atoms with Gasteiger partial charge in [-0.25, -0.2) is 0 Å². The van der Waals surface area contributed by atoms with Crippen LogP contribution in [-0.2, 0) is 16.4 Å². The van der Waals surface area contributed by atoms with E-state index in [2.05, 4.69) is 15.5 Å². The Bertz CT molecular complexity index is 941. The first-order chi connectivity index (χ1) is 14.4. The highest BCUT2D eigenvalue weighted by Crippen LogP contribution is 2.34. The molecule has 0 radical (unpaired) electrons. The second kappa shape index (κ2) is 8.70. The molecule has 0 aliphatic carbocycles. The number of piperazine rings is 1. The normalized spacial score (nSPS) is 15.7. The average Bonchev–Trinajstić information content (AvgIpc) is 3.18. The van der Waals surface area contributed by atoms with Crippen LogP contribution in [0.2, 0.25) is 0 Å². The molecule has 10 heteroatoms. The molecule has 1 saturated heterocycles. The van der Waals surface area contributed by atoms with Crippen LogP contribution in [0.5, 0.6) is 0 Å². The molecule has 0 spiro atoms. The van der Waals surface area contributed by atoms with E-state index in [1.165, 1.54) is 18.2 Å². The fourth-order valence-corrected chi connectivity index (χ4v) is 3.32. The predicted molar refractivity (Wildman–Crippen MR) is 110 cm³/mol. The van der Waals surface area contributed by atoms with Crippen molar-refractivity contribution in [3.05, 3.63) is 47.3 Å². The highest BCUT2D eigenvalue weighted by molar-refractivity contribution is 5.93. The molecule has 2 aromatic rings. The highest BCUT2D eigenvalue weighted by atomic mass is 19.4. The van der Waals surface area contributed by atoms with Crippen molar-refractivity contribution in [1.82, 2.24) is 20.0 Å². The number of rotatable bonds is 4. The van der Waals surface area contributed by atoms with Crippen molar-refractivity contribution < 1.29 is 22.8 Å². The van der Waals surface area contributed by atoms with E-state index < -0.39 is 17.6 Å². The molecule has 2 N–H and O–H groups in total. The molecule has 1 aliphatic heterocycles. The van der Waals surface area contributed by atoms with Crippen LogP contribution in [0.3, 0.4) is 0 Å². The first-order valence-corrected chi connectivity index (χ1v) is 9.99. The number of amides is 2. The summed E-state index contributed by atoms with van der Waals surface area (Å²) in [6, 6.07) is 6.63. The van der Waals surface area contributed by atoms with Crippen molar-refractivity contribution in [2.75, 3.05) is 38.0 Å². The largest absolute Gasteiger partial charge is 0.418 e. The van der Waals surface area contributed by atoms with Gasteiger partial charge in [0, 0.05) is 37.3 Å². The zero-order chi connectivity index (χ0) is 22.8. The number of benzene rings is 1. The van der Waals surface area contributed by atoms with Gasteiger partial charge in [-0.15, -0.1) is 0 Å². The molecule has 2 heterocycles. The summed E-state index contributed by atoms with van der Waals surface area (Å²) in [6.07, 6.45) is -4.55. The third-order valence-corrected chi connectivity index (χ3v) is 5.14. The molecular weight excluding hydrogens is 411 g/mol. The number of aromatic amines is 1. The van der Waals surface area contributed by atoms with Crippen molar-refractivity contribution in [1.29, 1.82) is 0 Å². The number of hydrogen-bond donors (Lipinski definition) is 2. The highest BCUT2D eigenvalue weighted by Gasteiger charge is 2.34. The summed E-state index contributed by atoms with van der Waals surface area (Å²) in [4.78, 5) is 28.4. The van der Waals surface area contributed by atoms with Gasteiger partial charge in [0.1, 0.15) is 5.69 Å². The lowest BCUT2D eigenvalue weighted by Crippen LogP contribution is -2.50. The minimum Gasteiger partial charge on any atom is -0.335 e. The van der Waals surface area contributed by atoms with E-state index in [-0.39, 0.29) is 23.6 Å². The third-order valence-electron chi connectivity index (χ3n) is 5.14. The van der Waals surface area contributed by atoms with E-state index in [0.29, 0.717) is 31.9 Å². The van der Waals surface area contributed by atoms with E-state index in [4.69, 9.17) is 0 Å². The van der Waals surface area contributed by atoms with E-state index >= 15 is 0 Å². The summed E-state index contributed by atoms with van der Waals surface area (Å²) in [7, 11) is 0.